The molecule has 0 spiro atoms. The minimum Gasteiger partial charge on any atom is -0.344 e. The van der Waals surface area contributed by atoms with Gasteiger partial charge in [-0.3, -0.25) is 9.59 Å². The molecule has 0 aromatic heterocycles. The van der Waals surface area contributed by atoms with Crippen LogP contribution in [0.25, 0.3) is 0 Å². The van der Waals surface area contributed by atoms with Crippen molar-refractivity contribution in [3.05, 3.63) is 30.3 Å². The van der Waals surface area contributed by atoms with E-state index in [9.17, 15) is 9.59 Å². The largest absolute Gasteiger partial charge is 0.344 e. The second-order valence-corrected chi connectivity index (χ2v) is 7.37. The maximum Gasteiger partial charge on any atom is 0.249 e. The normalized spacial score (nSPS) is 31.4. The molecule has 2 saturated heterocycles. The predicted octanol–water partition coefficient (Wildman–Crippen LogP) is 2.11. The molecule has 1 unspecified atom stereocenters. The number of fused-ring (bicyclic) bond motifs is 1. The van der Waals surface area contributed by atoms with Crippen LogP contribution in [0, 0.1) is 11.3 Å². The summed E-state index contributed by atoms with van der Waals surface area (Å²) in [6.07, 6.45) is 5.08. The predicted molar refractivity (Wildman–Crippen MR) is 99.9 cm³/mol. The Bertz CT molecular complexity index is 639. The molecule has 2 amide bonds. The molecule has 3 fully saturated rings. The zero-order valence-corrected chi connectivity index (χ0v) is 15.2. The summed E-state index contributed by atoms with van der Waals surface area (Å²) in [7, 11) is 0. The fourth-order valence-electron chi connectivity index (χ4n) is 4.67. The smallest absolute Gasteiger partial charge is 0.249 e. The highest BCUT2D eigenvalue weighted by molar-refractivity contribution is 6.01. The minimum atomic E-state index is -0.379. The van der Waals surface area contributed by atoms with Crippen LogP contribution in [0.5, 0.6) is 0 Å². The molecule has 1 aliphatic carbocycles. The van der Waals surface area contributed by atoms with Gasteiger partial charge in [-0.1, -0.05) is 31.0 Å². The Morgan fingerprint density at radius 3 is 2.80 bits per heavy atom. The Morgan fingerprint density at radius 2 is 2.00 bits per heavy atom. The monoisotopic (exact) mass is 363 g/mol. The number of anilines is 1. The number of hydrogen-bond donors (Lipinski definition) is 2. The second kappa shape index (κ2) is 7.34. The van der Waals surface area contributed by atoms with Crippen molar-refractivity contribution in [2.75, 3.05) is 24.5 Å². The number of para-hydroxylation sites is 1. The third-order valence-electron chi connectivity index (χ3n) is 6.07. The maximum atomic E-state index is 13.0. The first-order valence-electron chi connectivity index (χ1n) is 9.09. The molecule has 2 N–H and O–H groups in total. The van der Waals surface area contributed by atoms with Crippen LogP contribution in [0.15, 0.2) is 30.3 Å². The Labute approximate surface area is 154 Å². The number of carbonyl (C=O) groups excluding carboxylic acids is 2. The summed E-state index contributed by atoms with van der Waals surface area (Å²) in [6, 6.07) is 9.32. The molecule has 4 rings (SSSR count). The molecule has 1 saturated carbocycles. The third kappa shape index (κ3) is 3.15. The van der Waals surface area contributed by atoms with Gasteiger partial charge in [-0.25, -0.2) is 0 Å². The Morgan fingerprint density at radius 1 is 1.20 bits per heavy atom. The van der Waals surface area contributed by atoms with E-state index in [0.717, 1.165) is 38.0 Å². The number of halogens is 1. The lowest BCUT2D eigenvalue weighted by Gasteiger charge is -2.37. The summed E-state index contributed by atoms with van der Waals surface area (Å²) in [5, 5.41) is 6.49. The van der Waals surface area contributed by atoms with E-state index in [-0.39, 0.29) is 35.7 Å². The average Bonchev–Trinajstić information content (AvgIpc) is 3.21. The van der Waals surface area contributed by atoms with Crippen LogP contribution in [-0.2, 0) is 9.59 Å². The Balaban J connectivity index is 0.00000182. The van der Waals surface area contributed by atoms with E-state index in [1.165, 1.54) is 6.42 Å². The van der Waals surface area contributed by atoms with E-state index < -0.39 is 0 Å². The average molecular weight is 364 g/mol. The highest BCUT2D eigenvalue weighted by atomic mass is 35.5. The number of hydrogen-bond acceptors (Lipinski definition) is 3. The van der Waals surface area contributed by atoms with Gasteiger partial charge in [0.05, 0.1) is 5.41 Å². The summed E-state index contributed by atoms with van der Waals surface area (Å²) >= 11 is 0. The Kier molecular flexibility index (Phi) is 5.35. The van der Waals surface area contributed by atoms with Crippen LogP contribution >= 0.6 is 12.4 Å². The van der Waals surface area contributed by atoms with Crippen molar-refractivity contribution in [1.29, 1.82) is 0 Å². The van der Waals surface area contributed by atoms with E-state index in [1.54, 1.807) is 4.90 Å². The van der Waals surface area contributed by atoms with Crippen LogP contribution in [0.2, 0.25) is 0 Å². The number of carbonyl (C=O) groups is 2. The molecule has 1 aromatic carbocycles. The zero-order valence-electron chi connectivity index (χ0n) is 14.4. The number of amides is 2. The van der Waals surface area contributed by atoms with Crippen molar-refractivity contribution >= 4 is 29.9 Å². The molecule has 3 aliphatic rings. The van der Waals surface area contributed by atoms with Crippen LogP contribution in [-0.4, -0.2) is 37.5 Å². The van der Waals surface area contributed by atoms with Gasteiger partial charge in [-0.15, -0.1) is 12.4 Å². The van der Waals surface area contributed by atoms with Crippen LogP contribution < -0.4 is 15.5 Å². The van der Waals surface area contributed by atoms with Gasteiger partial charge in [0.2, 0.25) is 11.8 Å². The fraction of sp³-hybridized carbons (Fsp3) is 0.579. The molecule has 6 heteroatoms. The van der Waals surface area contributed by atoms with E-state index >= 15 is 0 Å². The third-order valence-corrected chi connectivity index (χ3v) is 6.07. The van der Waals surface area contributed by atoms with Crippen molar-refractivity contribution < 1.29 is 9.59 Å². The molecular formula is C19H26ClN3O2. The van der Waals surface area contributed by atoms with Crippen molar-refractivity contribution in [1.82, 2.24) is 10.6 Å². The Hall–Kier alpha value is -1.59. The van der Waals surface area contributed by atoms with E-state index in [1.807, 2.05) is 30.3 Å². The molecule has 2 heterocycles. The summed E-state index contributed by atoms with van der Waals surface area (Å²) in [5.41, 5.74) is 0.620. The van der Waals surface area contributed by atoms with Gasteiger partial charge in [0.15, 0.2) is 0 Å². The SMILES string of the molecule is Cl.O=C1C(NC(=O)[C@@]23CCCC[C@H]2CNC3)CCN1c1ccccc1. The summed E-state index contributed by atoms with van der Waals surface area (Å²) in [6.45, 7) is 2.36. The topological polar surface area (TPSA) is 61.4 Å². The summed E-state index contributed by atoms with van der Waals surface area (Å²) < 4.78 is 0. The van der Waals surface area contributed by atoms with Crippen molar-refractivity contribution in [2.45, 2.75) is 38.1 Å². The van der Waals surface area contributed by atoms with E-state index in [2.05, 4.69) is 10.6 Å². The highest BCUT2D eigenvalue weighted by Crippen LogP contribution is 2.44. The van der Waals surface area contributed by atoms with Gasteiger partial charge in [0, 0.05) is 18.8 Å². The van der Waals surface area contributed by atoms with Gasteiger partial charge in [-0.2, -0.15) is 0 Å². The number of benzene rings is 1. The van der Waals surface area contributed by atoms with Crippen LogP contribution in [0.1, 0.15) is 32.1 Å². The lowest BCUT2D eigenvalue weighted by atomic mass is 9.67. The first kappa shape index (κ1) is 18.2. The van der Waals surface area contributed by atoms with Gasteiger partial charge in [0.25, 0.3) is 0 Å². The standard InChI is InChI=1S/C19H25N3O2.ClH/c23-17-16(9-11-22(17)15-7-2-1-3-8-15)21-18(24)19-10-5-4-6-14(19)12-20-13-19;/h1-3,7-8,14,16,20H,4-6,9-13H2,(H,21,24);1H/t14-,16?,19+;/m0./s1. The van der Waals surface area contributed by atoms with Gasteiger partial charge in [0.1, 0.15) is 6.04 Å². The molecule has 0 radical (unpaired) electrons. The van der Waals surface area contributed by atoms with Crippen molar-refractivity contribution in [2.24, 2.45) is 11.3 Å². The van der Waals surface area contributed by atoms with Gasteiger partial charge in [-0.05, 0) is 43.9 Å². The molecule has 1 aromatic rings. The molecular weight excluding hydrogens is 338 g/mol. The van der Waals surface area contributed by atoms with Gasteiger partial charge < -0.3 is 15.5 Å². The molecule has 0 bridgehead atoms. The number of rotatable bonds is 3. The first-order valence-corrected chi connectivity index (χ1v) is 9.09. The van der Waals surface area contributed by atoms with E-state index in [0.29, 0.717) is 18.9 Å². The summed E-state index contributed by atoms with van der Waals surface area (Å²) in [4.78, 5) is 27.5. The first-order chi connectivity index (χ1) is 11.7. The quantitative estimate of drug-likeness (QED) is 0.864. The maximum absolute atomic E-state index is 13.0. The van der Waals surface area contributed by atoms with Crippen molar-refractivity contribution in [3.8, 4) is 0 Å². The fourth-order valence-corrected chi connectivity index (χ4v) is 4.67. The highest BCUT2D eigenvalue weighted by Gasteiger charge is 2.51. The van der Waals surface area contributed by atoms with E-state index in [4.69, 9.17) is 0 Å². The molecule has 2 aliphatic heterocycles. The second-order valence-electron chi connectivity index (χ2n) is 7.37. The number of nitrogens with one attached hydrogen (secondary N) is 2. The molecule has 5 nitrogen and oxygen atoms in total. The van der Waals surface area contributed by atoms with Gasteiger partial charge >= 0.3 is 0 Å². The lowest BCUT2D eigenvalue weighted by molar-refractivity contribution is -0.136. The minimum absolute atomic E-state index is 0. The zero-order chi connectivity index (χ0) is 16.6. The lowest BCUT2D eigenvalue weighted by Crippen LogP contribution is -2.52. The van der Waals surface area contributed by atoms with Crippen molar-refractivity contribution in [3.63, 3.8) is 0 Å². The molecule has 3 atom stereocenters. The molecule has 25 heavy (non-hydrogen) atoms. The molecule has 136 valence electrons. The van der Waals surface area contributed by atoms with Crippen LogP contribution in [0.4, 0.5) is 5.69 Å². The number of nitrogens with zero attached hydrogens (tertiary/aromatic N) is 1. The summed E-state index contributed by atoms with van der Waals surface area (Å²) in [5.74, 6) is 0.530. The van der Waals surface area contributed by atoms with Crippen LogP contribution in [0.3, 0.4) is 0 Å².